The minimum absolute atomic E-state index is 0.114. The summed E-state index contributed by atoms with van der Waals surface area (Å²) in [6, 6.07) is 9.05. The van der Waals surface area contributed by atoms with Gasteiger partial charge in [0.2, 0.25) is 17.7 Å². The van der Waals surface area contributed by atoms with Gasteiger partial charge in [-0.15, -0.1) is 11.8 Å². The number of halogens is 2. The van der Waals surface area contributed by atoms with Gasteiger partial charge in [-0.3, -0.25) is 24.5 Å². The lowest BCUT2D eigenvalue weighted by atomic mass is 10.2. The average molecular weight is 438 g/mol. The standard InChI is InChI=1S/C18H13ClFN3O5S/c19-10-1-3-11(4-2-10)21-16(24)9-29-15-8-17(25)22(18(15)26)14-7-12(23(27)28)5-6-13(14)20/h1-7,15H,8-9H2,(H,21,24)/t15-/m1/s1. The predicted octanol–water partition coefficient (Wildman–Crippen LogP) is 3.39. The largest absolute Gasteiger partial charge is 0.325 e. The number of anilines is 2. The number of hydrogen-bond acceptors (Lipinski definition) is 6. The van der Waals surface area contributed by atoms with Crippen LogP contribution in [0.5, 0.6) is 0 Å². The molecule has 1 heterocycles. The molecule has 29 heavy (non-hydrogen) atoms. The topological polar surface area (TPSA) is 110 Å². The Bertz CT molecular complexity index is 1000. The second kappa shape index (κ2) is 8.58. The number of amides is 3. The summed E-state index contributed by atoms with van der Waals surface area (Å²) in [5.41, 5.74) is -0.391. The molecule has 2 aromatic rings. The van der Waals surface area contributed by atoms with Gasteiger partial charge in [-0.2, -0.15) is 0 Å². The molecule has 1 fully saturated rings. The number of carbonyl (C=O) groups excluding carboxylic acids is 3. The zero-order valence-electron chi connectivity index (χ0n) is 14.6. The van der Waals surface area contributed by atoms with Crippen molar-refractivity contribution in [1.82, 2.24) is 0 Å². The molecule has 0 aliphatic carbocycles. The fourth-order valence-electron chi connectivity index (χ4n) is 2.68. The number of nitro groups is 1. The first-order valence-electron chi connectivity index (χ1n) is 8.24. The summed E-state index contributed by atoms with van der Waals surface area (Å²) in [4.78, 5) is 47.6. The maximum absolute atomic E-state index is 14.1. The molecule has 150 valence electrons. The molecule has 1 saturated heterocycles. The van der Waals surface area contributed by atoms with Gasteiger partial charge in [0.05, 0.1) is 21.6 Å². The monoisotopic (exact) mass is 437 g/mol. The lowest BCUT2D eigenvalue weighted by molar-refractivity contribution is -0.384. The van der Waals surface area contributed by atoms with E-state index in [-0.39, 0.29) is 12.2 Å². The van der Waals surface area contributed by atoms with Crippen LogP contribution in [-0.2, 0) is 14.4 Å². The number of benzene rings is 2. The smallest absolute Gasteiger partial charge is 0.271 e. The first kappa shape index (κ1) is 20.7. The molecule has 11 heteroatoms. The molecule has 0 unspecified atom stereocenters. The van der Waals surface area contributed by atoms with E-state index in [1.54, 1.807) is 24.3 Å². The maximum atomic E-state index is 14.1. The van der Waals surface area contributed by atoms with Gasteiger partial charge in [-0.1, -0.05) is 11.6 Å². The number of nitrogens with one attached hydrogen (secondary N) is 1. The number of rotatable bonds is 6. The molecule has 0 radical (unpaired) electrons. The minimum Gasteiger partial charge on any atom is -0.325 e. The summed E-state index contributed by atoms with van der Waals surface area (Å²) in [7, 11) is 0. The molecule has 1 aliphatic rings. The third kappa shape index (κ3) is 4.72. The molecule has 0 spiro atoms. The Balaban J connectivity index is 1.66. The molecule has 1 atom stereocenters. The quantitative estimate of drug-likeness (QED) is 0.421. The van der Waals surface area contributed by atoms with Crippen LogP contribution in [0.15, 0.2) is 42.5 Å². The summed E-state index contributed by atoms with van der Waals surface area (Å²) in [6.45, 7) is 0. The van der Waals surface area contributed by atoms with Gasteiger partial charge in [-0.05, 0) is 30.3 Å². The molecule has 3 amide bonds. The van der Waals surface area contributed by atoms with Crippen molar-refractivity contribution in [3.8, 4) is 0 Å². The van der Waals surface area contributed by atoms with Crippen molar-refractivity contribution >= 4 is 58.1 Å². The van der Waals surface area contributed by atoms with Crippen LogP contribution in [0.4, 0.5) is 21.5 Å². The number of nitro benzene ring substituents is 1. The van der Waals surface area contributed by atoms with E-state index in [0.29, 0.717) is 15.6 Å². The van der Waals surface area contributed by atoms with Gasteiger partial charge in [0.25, 0.3) is 5.69 Å². The summed E-state index contributed by atoms with van der Waals surface area (Å²) in [6.07, 6.45) is -0.236. The van der Waals surface area contributed by atoms with E-state index in [9.17, 15) is 28.9 Å². The zero-order valence-corrected chi connectivity index (χ0v) is 16.2. The normalized spacial score (nSPS) is 16.2. The van der Waals surface area contributed by atoms with Crippen LogP contribution in [0.1, 0.15) is 6.42 Å². The zero-order chi connectivity index (χ0) is 21.1. The van der Waals surface area contributed by atoms with E-state index in [1.807, 2.05) is 0 Å². The minimum atomic E-state index is -0.927. The number of thioether (sulfide) groups is 1. The highest BCUT2D eigenvalue weighted by molar-refractivity contribution is 8.01. The Labute approximate surface area is 173 Å². The summed E-state index contributed by atoms with van der Waals surface area (Å²) in [5, 5.41) is 13.1. The van der Waals surface area contributed by atoms with E-state index >= 15 is 0 Å². The summed E-state index contributed by atoms with van der Waals surface area (Å²) in [5.74, 6) is -2.85. The van der Waals surface area contributed by atoms with Crippen LogP contribution in [0.3, 0.4) is 0 Å². The lowest BCUT2D eigenvalue weighted by Gasteiger charge is -2.15. The summed E-state index contributed by atoms with van der Waals surface area (Å²) < 4.78 is 14.1. The van der Waals surface area contributed by atoms with Gasteiger partial charge < -0.3 is 5.32 Å². The second-order valence-electron chi connectivity index (χ2n) is 6.02. The molecule has 0 saturated carbocycles. The van der Waals surface area contributed by atoms with Gasteiger partial charge >= 0.3 is 0 Å². The Kier molecular flexibility index (Phi) is 6.14. The highest BCUT2D eigenvalue weighted by Gasteiger charge is 2.41. The van der Waals surface area contributed by atoms with E-state index in [4.69, 9.17) is 11.6 Å². The molecule has 1 aliphatic heterocycles. The molecule has 3 rings (SSSR count). The van der Waals surface area contributed by atoms with E-state index < -0.39 is 45.1 Å². The summed E-state index contributed by atoms with van der Waals surface area (Å²) >= 11 is 6.71. The van der Waals surface area contributed by atoms with Crippen LogP contribution in [-0.4, -0.2) is 33.6 Å². The third-order valence-electron chi connectivity index (χ3n) is 4.03. The van der Waals surface area contributed by atoms with Crippen LogP contribution in [0, 0.1) is 15.9 Å². The molecular weight excluding hydrogens is 425 g/mol. The van der Waals surface area contributed by atoms with Crippen molar-refractivity contribution in [2.24, 2.45) is 0 Å². The predicted molar refractivity (Wildman–Crippen MR) is 106 cm³/mol. The Morgan fingerprint density at radius 3 is 2.62 bits per heavy atom. The van der Waals surface area contributed by atoms with Gasteiger partial charge in [-0.25, -0.2) is 9.29 Å². The van der Waals surface area contributed by atoms with Crippen molar-refractivity contribution in [3.05, 3.63) is 63.4 Å². The highest BCUT2D eigenvalue weighted by atomic mass is 35.5. The van der Waals surface area contributed by atoms with E-state index in [2.05, 4.69) is 5.32 Å². The van der Waals surface area contributed by atoms with Crippen molar-refractivity contribution < 1.29 is 23.7 Å². The second-order valence-corrected chi connectivity index (χ2v) is 7.65. The van der Waals surface area contributed by atoms with Crippen molar-refractivity contribution in [2.45, 2.75) is 11.7 Å². The van der Waals surface area contributed by atoms with Crippen molar-refractivity contribution in [2.75, 3.05) is 16.0 Å². The fourth-order valence-corrected chi connectivity index (χ4v) is 3.74. The van der Waals surface area contributed by atoms with Crippen LogP contribution in [0.25, 0.3) is 0 Å². The van der Waals surface area contributed by atoms with Crippen molar-refractivity contribution in [3.63, 3.8) is 0 Å². The van der Waals surface area contributed by atoms with Crippen molar-refractivity contribution in [1.29, 1.82) is 0 Å². The van der Waals surface area contributed by atoms with Crippen LogP contribution >= 0.6 is 23.4 Å². The SMILES string of the molecule is O=C(CS[C@@H]1CC(=O)N(c2cc([N+](=O)[O-])ccc2F)C1=O)Nc1ccc(Cl)cc1. The Morgan fingerprint density at radius 1 is 1.28 bits per heavy atom. The third-order valence-corrected chi connectivity index (χ3v) is 5.48. The average Bonchev–Trinajstić information content (AvgIpc) is 2.96. The van der Waals surface area contributed by atoms with Gasteiger partial charge in [0, 0.05) is 29.3 Å². The molecule has 8 nitrogen and oxygen atoms in total. The number of hydrogen-bond donors (Lipinski definition) is 1. The molecule has 0 bridgehead atoms. The number of carbonyl (C=O) groups is 3. The Morgan fingerprint density at radius 2 is 1.97 bits per heavy atom. The lowest BCUT2D eigenvalue weighted by Crippen LogP contribution is -2.32. The molecular formula is C18H13ClFN3O5S. The first-order valence-corrected chi connectivity index (χ1v) is 9.66. The molecule has 2 aromatic carbocycles. The first-order chi connectivity index (χ1) is 13.8. The van der Waals surface area contributed by atoms with Crippen LogP contribution in [0.2, 0.25) is 5.02 Å². The maximum Gasteiger partial charge on any atom is 0.271 e. The molecule has 1 N–H and O–H groups in total. The van der Waals surface area contributed by atoms with E-state index in [1.165, 1.54) is 0 Å². The fraction of sp³-hybridized carbons (Fsp3) is 0.167. The van der Waals surface area contributed by atoms with Gasteiger partial charge in [0.1, 0.15) is 5.82 Å². The Hall–Kier alpha value is -2.98. The van der Waals surface area contributed by atoms with Gasteiger partial charge in [0.15, 0.2) is 0 Å². The number of imide groups is 1. The van der Waals surface area contributed by atoms with Crippen LogP contribution < -0.4 is 10.2 Å². The van der Waals surface area contributed by atoms with E-state index in [0.717, 1.165) is 30.0 Å². The molecule has 0 aromatic heterocycles. The highest BCUT2D eigenvalue weighted by Crippen LogP contribution is 2.33. The number of nitrogens with zero attached hydrogens (tertiary/aromatic N) is 2. The number of non-ortho nitro benzene ring substituents is 1.